The van der Waals surface area contributed by atoms with E-state index in [0.29, 0.717) is 12.1 Å². The minimum absolute atomic E-state index is 0.131. The Balaban J connectivity index is 2.30. The van der Waals surface area contributed by atoms with E-state index in [1.807, 2.05) is 6.92 Å². The van der Waals surface area contributed by atoms with Gasteiger partial charge in [0.2, 0.25) is 0 Å². The second kappa shape index (κ2) is 6.13. The normalized spacial score (nSPS) is 11.9. The van der Waals surface area contributed by atoms with Gasteiger partial charge in [-0.3, -0.25) is 10.1 Å². The first-order chi connectivity index (χ1) is 10.0. The summed E-state index contributed by atoms with van der Waals surface area (Å²) < 4.78 is 0. The molecule has 6 heteroatoms. The van der Waals surface area contributed by atoms with Crippen molar-refractivity contribution >= 4 is 11.4 Å². The van der Waals surface area contributed by atoms with Gasteiger partial charge in [0, 0.05) is 0 Å². The van der Waals surface area contributed by atoms with Gasteiger partial charge in [-0.1, -0.05) is 19.1 Å². The van der Waals surface area contributed by atoms with E-state index in [1.165, 1.54) is 12.1 Å². The highest BCUT2D eigenvalue weighted by atomic mass is 16.6. The lowest BCUT2D eigenvalue weighted by molar-refractivity contribution is -0.384. The zero-order chi connectivity index (χ0) is 15.4. The van der Waals surface area contributed by atoms with Gasteiger partial charge >= 0.3 is 0 Å². The zero-order valence-electron chi connectivity index (χ0n) is 11.5. The van der Waals surface area contributed by atoms with E-state index in [-0.39, 0.29) is 23.2 Å². The van der Waals surface area contributed by atoms with Crippen molar-refractivity contribution in [3.05, 3.63) is 58.1 Å². The topological polar surface area (TPSA) is 95.6 Å². The Bertz CT molecular complexity index is 641. The standard InChI is InChI=1S/C15H16N2O4/c1-2-13(10-3-5-11(18)6-4-10)16-14-8-7-12(19)9-15(14)17(20)21/h3-9,13,16,18-19H,2H2,1H3. The van der Waals surface area contributed by atoms with Crippen LogP contribution in [0.2, 0.25) is 0 Å². The molecule has 1 atom stereocenters. The zero-order valence-corrected chi connectivity index (χ0v) is 11.5. The van der Waals surface area contributed by atoms with Crippen molar-refractivity contribution in [3.8, 4) is 11.5 Å². The molecule has 0 aromatic heterocycles. The van der Waals surface area contributed by atoms with Crippen molar-refractivity contribution < 1.29 is 15.1 Å². The number of hydrogen-bond acceptors (Lipinski definition) is 5. The van der Waals surface area contributed by atoms with E-state index in [4.69, 9.17) is 0 Å². The van der Waals surface area contributed by atoms with E-state index < -0.39 is 4.92 Å². The summed E-state index contributed by atoms with van der Waals surface area (Å²) in [6.45, 7) is 1.96. The summed E-state index contributed by atoms with van der Waals surface area (Å²) in [5.41, 5.74) is 1.09. The second-order valence-electron chi connectivity index (χ2n) is 4.66. The van der Waals surface area contributed by atoms with Crippen LogP contribution in [-0.2, 0) is 0 Å². The molecule has 0 saturated heterocycles. The van der Waals surface area contributed by atoms with E-state index in [9.17, 15) is 20.3 Å². The molecule has 0 aliphatic carbocycles. The number of benzene rings is 2. The lowest BCUT2D eigenvalue weighted by Crippen LogP contribution is -2.10. The summed E-state index contributed by atoms with van der Waals surface area (Å²) >= 11 is 0. The predicted molar refractivity (Wildman–Crippen MR) is 79.5 cm³/mol. The van der Waals surface area contributed by atoms with Crippen LogP contribution in [0.15, 0.2) is 42.5 Å². The van der Waals surface area contributed by atoms with Crippen LogP contribution >= 0.6 is 0 Å². The van der Waals surface area contributed by atoms with Crippen LogP contribution in [0.4, 0.5) is 11.4 Å². The predicted octanol–water partition coefficient (Wildman–Crippen LogP) is 3.57. The molecule has 2 aromatic rings. The Kier molecular flexibility index (Phi) is 4.27. The van der Waals surface area contributed by atoms with Crippen molar-refractivity contribution in [2.75, 3.05) is 5.32 Å². The van der Waals surface area contributed by atoms with Crippen LogP contribution in [0, 0.1) is 10.1 Å². The van der Waals surface area contributed by atoms with Crippen LogP contribution in [0.5, 0.6) is 11.5 Å². The molecule has 2 rings (SSSR count). The number of nitro groups is 1. The van der Waals surface area contributed by atoms with Crippen molar-refractivity contribution in [3.63, 3.8) is 0 Å². The first-order valence-corrected chi connectivity index (χ1v) is 6.54. The number of anilines is 1. The lowest BCUT2D eigenvalue weighted by atomic mass is 10.0. The molecule has 0 heterocycles. The summed E-state index contributed by atoms with van der Waals surface area (Å²) in [4.78, 5) is 10.5. The summed E-state index contributed by atoms with van der Waals surface area (Å²) in [6.07, 6.45) is 0.711. The third-order valence-corrected chi connectivity index (χ3v) is 3.21. The molecule has 0 spiro atoms. The van der Waals surface area contributed by atoms with Crippen LogP contribution in [0.25, 0.3) is 0 Å². The van der Waals surface area contributed by atoms with Crippen LogP contribution < -0.4 is 5.32 Å². The Morgan fingerprint density at radius 1 is 1.14 bits per heavy atom. The van der Waals surface area contributed by atoms with Gasteiger partial charge in [-0.15, -0.1) is 0 Å². The lowest BCUT2D eigenvalue weighted by Gasteiger charge is -2.19. The molecule has 21 heavy (non-hydrogen) atoms. The molecule has 0 fully saturated rings. The molecule has 2 aromatic carbocycles. The summed E-state index contributed by atoms with van der Waals surface area (Å²) in [6, 6.07) is 10.6. The molecule has 3 N–H and O–H groups in total. The minimum Gasteiger partial charge on any atom is -0.508 e. The van der Waals surface area contributed by atoms with E-state index >= 15 is 0 Å². The highest BCUT2D eigenvalue weighted by Gasteiger charge is 2.18. The Labute approximate surface area is 121 Å². The van der Waals surface area contributed by atoms with Crippen LogP contribution in [0.1, 0.15) is 24.9 Å². The van der Waals surface area contributed by atoms with Crippen LogP contribution in [-0.4, -0.2) is 15.1 Å². The number of nitrogens with one attached hydrogen (secondary N) is 1. The summed E-state index contributed by atoms with van der Waals surface area (Å²) in [7, 11) is 0. The smallest absolute Gasteiger partial charge is 0.296 e. The number of phenols is 2. The average Bonchev–Trinajstić information content (AvgIpc) is 2.47. The minimum atomic E-state index is -0.536. The number of hydrogen-bond donors (Lipinski definition) is 3. The van der Waals surface area contributed by atoms with Crippen molar-refractivity contribution in [2.24, 2.45) is 0 Å². The monoisotopic (exact) mass is 288 g/mol. The molecule has 0 aliphatic rings. The maximum atomic E-state index is 11.0. The van der Waals surface area contributed by atoms with E-state index in [0.717, 1.165) is 11.6 Å². The van der Waals surface area contributed by atoms with Gasteiger partial charge in [0.1, 0.15) is 17.2 Å². The maximum Gasteiger partial charge on any atom is 0.296 e. The fourth-order valence-corrected chi connectivity index (χ4v) is 2.11. The Morgan fingerprint density at radius 2 is 1.76 bits per heavy atom. The van der Waals surface area contributed by atoms with Gasteiger partial charge in [0.15, 0.2) is 0 Å². The first kappa shape index (κ1) is 14.6. The molecule has 0 aliphatic heterocycles. The third-order valence-electron chi connectivity index (χ3n) is 3.21. The van der Waals surface area contributed by atoms with Gasteiger partial charge < -0.3 is 15.5 Å². The van der Waals surface area contributed by atoms with Crippen LogP contribution in [0.3, 0.4) is 0 Å². The highest BCUT2D eigenvalue weighted by molar-refractivity contribution is 5.64. The quantitative estimate of drug-likeness (QED) is 0.444. The Morgan fingerprint density at radius 3 is 2.33 bits per heavy atom. The summed E-state index contributed by atoms with van der Waals surface area (Å²) in [5, 5.41) is 32.8. The molecular weight excluding hydrogens is 272 g/mol. The molecule has 0 saturated carbocycles. The molecule has 110 valence electrons. The molecule has 0 bridgehead atoms. The SMILES string of the molecule is CCC(Nc1ccc(O)cc1[N+](=O)[O-])c1ccc(O)cc1. The molecule has 0 amide bonds. The van der Waals surface area contributed by atoms with Gasteiger partial charge in [-0.25, -0.2) is 0 Å². The number of nitrogens with zero attached hydrogens (tertiary/aromatic N) is 1. The molecule has 1 unspecified atom stereocenters. The van der Waals surface area contributed by atoms with Crippen molar-refractivity contribution in [1.29, 1.82) is 0 Å². The number of rotatable bonds is 5. The maximum absolute atomic E-state index is 11.0. The first-order valence-electron chi connectivity index (χ1n) is 6.54. The fraction of sp³-hybridized carbons (Fsp3) is 0.200. The number of nitro benzene ring substituents is 1. The molecule has 0 radical (unpaired) electrons. The largest absolute Gasteiger partial charge is 0.508 e. The highest BCUT2D eigenvalue weighted by Crippen LogP contribution is 2.32. The Hall–Kier alpha value is -2.76. The average molecular weight is 288 g/mol. The molecular formula is C15H16N2O4. The number of aromatic hydroxyl groups is 2. The molecule has 6 nitrogen and oxygen atoms in total. The van der Waals surface area contributed by atoms with E-state index in [2.05, 4.69) is 5.32 Å². The third kappa shape index (κ3) is 3.42. The van der Waals surface area contributed by atoms with Gasteiger partial charge in [-0.05, 0) is 36.2 Å². The van der Waals surface area contributed by atoms with Gasteiger partial charge in [-0.2, -0.15) is 0 Å². The number of phenolic OH excluding ortho intramolecular Hbond substituents is 2. The van der Waals surface area contributed by atoms with Crippen molar-refractivity contribution in [2.45, 2.75) is 19.4 Å². The van der Waals surface area contributed by atoms with Gasteiger partial charge in [0.25, 0.3) is 5.69 Å². The summed E-state index contributed by atoms with van der Waals surface area (Å²) in [5.74, 6) is 0.0224. The van der Waals surface area contributed by atoms with E-state index in [1.54, 1.807) is 24.3 Å². The van der Waals surface area contributed by atoms with Gasteiger partial charge in [0.05, 0.1) is 17.0 Å². The second-order valence-corrected chi connectivity index (χ2v) is 4.66. The fourth-order valence-electron chi connectivity index (χ4n) is 2.11. The van der Waals surface area contributed by atoms with Crippen molar-refractivity contribution in [1.82, 2.24) is 0 Å².